The lowest BCUT2D eigenvalue weighted by Gasteiger charge is -2.11. The van der Waals surface area contributed by atoms with Crippen molar-refractivity contribution < 1.29 is 0 Å². The molecule has 22 heavy (non-hydrogen) atoms. The van der Waals surface area contributed by atoms with E-state index < -0.39 is 0 Å². The highest BCUT2D eigenvalue weighted by molar-refractivity contribution is 6.28. The molecule has 0 spiro atoms. The molecule has 3 rings (SSSR count). The summed E-state index contributed by atoms with van der Waals surface area (Å²) in [5, 5.41) is 3.67. The Morgan fingerprint density at radius 1 is 1.14 bits per heavy atom. The highest BCUT2D eigenvalue weighted by Gasteiger charge is 2.11. The Kier molecular flexibility index (Phi) is 4.59. The van der Waals surface area contributed by atoms with Gasteiger partial charge < -0.3 is 9.88 Å². The lowest BCUT2D eigenvalue weighted by atomic mass is 10.2. The van der Waals surface area contributed by atoms with Crippen molar-refractivity contribution in [2.75, 3.05) is 11.9 Å². The number of anilines is 1. The third-order valence-electron chi connectivity index (χ3n) is 3.60. The van der Waals surface area contributed by atoms with Crippen LogP contribution in [-0.4, -0.2) is 21.1 Å². The zero-order chi connectivity index (χ0) is 15.4. The molecule has 0 radical (unpaired) electrons. The van der Waals surface area contributed by atoms with E-state index in [4.69, 9.17) is 11.6 Å². The third-order valence-corrected chi connectivity index (χ3v) is 3.77. The fourth-order valence-corrected chi connectivity index (χ4v) is 2.67. The molecule has 0 aliphatic carbocycles. The number of hydrogen-bond acceptors (Lipinski definition) is 3. The van der Waals surface area contributed by atoms with Crippen molar-refractivity contribution in [1.29, 1.82) is 0 Å². The van der Waals surface area contributed by atoms with E-state index in [0.717, 1.165) is 42.8 Å². The van der Waals surface area contributed by atoms with Crippen LogP contribution in [0.5, 0.6) is 0 Å². The smallest absolute Gasteiger partial charge is 0.225 e. The van der Waals surface area contributed by atoms with Crippen LogP contribution < -0.4 is 5.32 Å². The largest absolute Gasteiger partial charge is 0.368 e. The molecule has 0 saturated carbocycles. The maximum Gasteiger partial charge on any atom is 0.225 e. The second kappa shape index (κ2) is 6.79. The topological polar surface area (TPSA) is 42.7 Å². The second-order valence-corrected chi connectivity index (χ2v) is 5.62. The summed E-state index contributed by atoms with van der Waals surface area (Å²) in [6.07, 6.45) is 4.27. The molecule has 0 saturated heterocycles. The van der Waals surface area contributed by atoms with Crippen LogP contribution in [-0.2, 0) is 6.54 Å². The molecule has 0 fully saturated rings. The van der Waals surface area contributed by atoms with Crippen LogP contribution in [0.4, 0.5) is 5.82 Å². The van der Waals surface area contributed by atoms with Crippen LogP contribution >= 0.6 is 11.6 Å². The Bertz CT molecular complexity index is 752. The van der Waals surface area contributed by atoms with Gasteiger partial charge in [-0.15, -0.1) is 0 Å². The molecule has 0 amide bonds. The molecular formula is C17H19ClN4. The minimum Gasteiger partial charge on any atom is -0.368 e. The molecule has 2 aromatic heterocycles. The maximum absolute atomic E-state index is 6.03. The number of hydrogen-bond donors (Lipinski definition) is 1. The van der Waals surface area contributed by atoms with Gasteiger partial charge in [0.1, 0.15) is 5.52 Å². The van der Waals surface area contributed by atoms with E-state index in [-0.39, 0.29) is 5.28 Å². The molecule has 0 aliphatic rings. The van der Waals surface area contributed by atoms with Gasteiger partial charge in [0, 0.05) is 19.3 Å². The first-order valence-corrected chi connectivity index (χ1v) is 7.96. The number of halogens is 1. The summed E-state index contributed by atoms with van der Waals surface area (Å²) in [6.45, 7) is 3.84. The first-order valence-electron chi connectivity index (χ1n) is 7.58. The van der Waals surface area contributed by atoms with Crippen LogP contribution in [0.25, 0.3) is 11.0 Å². The van der Waals surface area contributed by atoms with Gasteiger partial charge in [0.25, 0.3) is 0 Å². The Hall–Kier alpha value is -2.07. The second-order valence-electron chi connectivity index (χ2n) is 5.28. The molecule has 1 aromatic carbocycles. The van der Waals surface area contributed by atoms with Crippen LogP contribution in [0.3, 0.4) is 0 Å². The summed E-state index contributed by atoms with van der Waals surface area (Å²) in [4.78, 5) is 8.69. The van der Waals surface area contributed by atoms with Crippen LogP contribution in [0.15, 0.2) is 42.6 Å². The number of rotatable bonds is 6. The Morgan fingerprint density at radius 2 is 1.95 bits per heavy atom. The monoisotopic (exact) mass is 314 g/mol. The van der Waals surface area contributed by atoms with Crippen molar-refractivity contribution in [1.82, 2.24) is 14.5 Å². The number of nitrogens with one attached hydrogen (secondary N) is 1. The molecule has 0 aliphatic heterocycles. The first kappa shape index (κ1) is 14.9. The molecule has 114 valence electrons. The van der Waals surface area contributed by atoms with E-state index in [1.165, 1.54) is 5.56 Å². The Morgan fingerprint density at radius 3 is 2.73 bits per heavy atom. The summed E-state index contributed by atoms with van der Waals surface area (Å²) < 4.78 is 2.16. The van der Waals surface area contributed by atoms with Gasteiger partial charge in [-0.05, 0) is 29.7 Å². The molecule has 3 aromatic rings. The van der Waals surface area contributed by atoms with Crippen molar-refractivity contribution in [2.24, 2.45) is 0 Å². The SMILES string of the molecule is CCCCNc1nc(Cl)nc2ccn(Cc3ccccc3)c12. The molecule has 4 nitrogen and oxygen atoms in total. The Labute approximate surface area is 135 Å². The summed E-state index contributed by atoms with van der Waals surface area (Å²) in [5.74, 6) is 0.810. The number of nitrogens with zero attached hydrogens (tertiary/aromatic N) is 3. The summed E-state index contributed by atoms with van der Waals surface area (Å²) in [6, 6.07) is 12.3. The first-order chi connectivity index (χ1) is 10.8. The van der Waals surface area contributed by atoms with Gasteiger partial charge in [0.05, 0.1) is 5.52 Å². The van der Waals surface area contributed by atoms with E-state index in [0.29, 0.717) is 0 Å². The van der Waals surface area contributed by atoms with E-state index in [1.54, 1.807) is 0 Å². The minimum atomic E-state index is 0.281. The number of unbranched alkanes of at least 4 members (excludes halogenated alkanes) is 1. The van der Waals surface area contributed by atoms with Crippen molar-refractivity contribution in [3.8, 4) is 0 Å². The molecule has 1 N–H and O–H groups in total. The summed E-state index contributed by atoms with van der Waals surface area (Å²) >= 11 is 6.03. The average molecular weight is 315 g/mol. The number of benzene rings is 1. The lowest BCUT2D eigenvalue weighted by molar-refractivity contribution is 0.819. The van der Waals surface area contributed by atoms with E-state index >= 15 is 0 Å². The van der Waals surface area contributed by atoms with Gasteiger partial charge in [-0.1, -0.05) is 43.7 Å². The van der Waals surface area contributed by atoms with Gasteiger partial charge >= 0.3 is 0 Å². The van der Waals surface area contributed by atoms with Gasteiger partial charge in [0.15, 0.2) is 5.82 Å². The highest BCUT2D eigenvalue weighted by atomic mass is 35.5. The maximum atomic E-state index is 6.03. The number of aromatic nitrogens is 3. The third kappa shape index (κ3) is 3.22. The van der Waals surface area contributed by atoms with Crippen molar-refractivity contribution >= 4 is 28.5 Å². The fourth-order valence-electron chi connectivity index (χ4n) is 2.50. The lowest BCUT2D eigenvalue weighted by Crippen LogP contribution is -2.07. The predicted molar refractivity (Wildman–Crippen MR) is 91.5 cm³/mol. The van der Waals surface area contributed by atoms with E-state index in [1.807, 2.05) is 18.3 Å². The average Bonchev–Trinajstić information content (AvgIpc) is 2.91. The van der Waals surface area contributed by atoms with Gasteiger partial charge in [-0.3, -0.25) is 0 Å². The fraction of sp³-hybridized carbons (Fsp3) is 0.294. The van der Waals surface area contributed by atoms with Crippen LogP contribution in [0.2, 0.25) is 5.28 Å². The quantitative estimate of drug-likeness (QED) is 0.543. The highest BCUT2D eigenvalue weighted by Crippen LogP contribution is 2.24. The van der Waals surface area contributed by atoms with Gasteiger partial charge in [-0.25, -0.2) is 4.98 Å². The molecule has 0 unspecified atom stereocenters. The molecule has 5 heteroatoms. The molecule has 2 heterocycles. The zero-order valence-electron chi connectivity index (χ0n) is 12.6. The van der Waals surface area contributed by atoms with Gasteiger partial charge in [-0.2, -0.15) is 4.98 Å². The van der Waals surface area contributed by atoms with E-state index in [2.05, 4.69) is 51.0 Å². The summed E-state index contributed by atoms with van der Waals surface area (Å²) in [7, 11) is 0. The van der Waals surface area contributed by atoms with E-state index in [9.17, 15) is 0 Å². The van der Waals surface area contributed by atoms with Gasteiger partial charge in [0.2, 0.25) is 5.28 Å². The normalized spacial score (nSPS) is 11.0. The molecular weight excluding hydrogens is 296 g/mol. The van der Waals surface area contributed by atoms with Crippen molar-refractivity contribution in [3.05, 3.63) is 53.4 Å². The molecule has 0 atom stereocenters. The minimum absolute atomic E-state index is 0.281. The predicted octanol–water partition coefficient (Wildman–Crippen LogP) is 4.35. The van der Waals surface area contributed by atoms with Crippen molar-refractivity contribution in [3.63, 3.8) is 0 Å². The standard InChI is InChI=1S/C17H19ClN4/c1-2-3-10-19-16-15-14(20-17(18)21-16)9-11-22(15)12-13-7-5-4-6-8-13/h4-9,11H,2-3,10,12H2,1H3,(H,19,20,21). The molecule has 0 bridgehead atoms. The summed E-state index contributed by atoms with van der Waals surface area (Å²) in [5.41, 5.74) is 3.12. The van der Waals surface area contributed by atoms with Crippen molar-refractivity contribution in [2.45, 2.75) is 26.3 Å². The zero-order valence-corrected chi connectivity index (χ0v) is 13.3. The van der Waals surface area contributed by atoms with Crippen LogP contribution in [0, 0.1) is 0 Å². The Balaban J connectivity index is 1.96. The van der Waals surface area contributed by atoms with Crippen LogP contribution in [0.1, 0.15) is 25.3 Å². The number of fused-ring (bicyclic) bond motifs is 1.